The van der Waals surface area contributed by atoms with E-state index in [4.69, 9.17) is 14.2 Å². The Bertz CT molecular complexity index is 1450. The molecule has 0 spiro atoms. The van der Waals surface area contributed by atoms with Crippen LogP contribution in [0, 0.1) is 11.6 Å². The summed E-state index contributed by atoms with van der Waals surface area (Å²) < 4.78 is 43.4. The van der Waals surface area contributed by atoms with Gasteiger partial charge in [-0.2, -0.15) is 8.78 Å². The number of hydrogen-bond acceptors (Lipinski definition) is 6. The first-order valence-electron chi connectivity index (χ1n) is 11.0. The predicted octanol–water partition coefficient (Wildman–Crippen LogP) is 6.05. The van der Waals surface area contributed by atoms with Crippen molar-refractivity contribution < 1.29 is 37.4 Å². The number of hydrogen-bond donors (Lipinski definition) is 0. The van der Waals surface area contributed by atoms with Gasteiger partial charge in [-0.3, -0.25) is 4.79 Å². The van der Waals surface area contributed by atoms with Crippen LogP contribution in [0.5, 0.6) is 11.5 Å². The molecule has 1 atom stereocenters. The second-order valence-electron chi connectivity index (χ2n) is 8.24. The van der Waals surface area contributed by atoms with Gasteiger partial charge >= 0.3 is 11.9 Å². The van der Waals surface area contributed by atoms with Crippen molar-refractivity contribution in [3.05, 3.63) is 102 Å². The van der Waals surface area contributed by atoms with Crippen molar-refractivity contribution in [2.24, 2.45) is 0 Å². The quantitative estimate of drug-likeness (QED) is 0.200. The van der Waals surface area contributed by atoms with Crippen LogP contribution in [0.3, 0.4) is 0 Å². The summed E-state index contributed by atoms with van der Waals surface area (Å²) >= 11 is 0. The van der Waals surface area contributed by atoms with Crippen molar-refractivity contribution in [2.45, 2.75) is 20.0 Å². The minimum atomic E-state index is -1.48. The number of esters is 2. The van der Waals surface area contributed by atoms with Crippen LogP contribution in [0.15, 0.2) is 78.9 Å². The molecular weight excluding hydrogens is 482 g/mol. The number of methoxy groups -OCH3 is 1. The Morgan fingerprint density at radius 3 is 2.03 bits per heavy atom. The van der Waals surface area contributed by atoms with Crippen molar-refractivity contribution in [1.82, 2.24) is 0 Å². The largest absolute Gasteiger partial charge is 0.420 e. The molecule has 0 fully saturated rings. The lowest BCUT2D eigenvalue weighted by atomic mass is 9.97. The molecule has 3 rings (SSSR count). The second kappa shape index (κ2) is 11.5. The lowest BCUT2D eigenvalue weighted by molar-refractivity contribution is -0.131. The average Bonchev–Trinajstić information content (AvgIpc) is 2.87. The molecule has 0 aromatic heterocycles. The highest BCUT2D eigenvalue weighted by Gasteiger charge is 2.21. The van der Waals surface area contributed by atoms with Gasteiger partial charge in [-0.25, -0.2) is 9.59 Å². The third kappa shape index (κ3) is 6.42. The van der Waals surface area contributed by atoms with Gasteiger partial charge < -0.3 is 14.2 Å². The number of carbonyl (C=O) groups is 3. The number of fused-ring (bicyclic) bond motifs is 1. The molecule has 1 unspecified atom stereocenters. The number of benzene rings is 3. The van der Waals surface area contributed by atoms with E-state index < -0.39 is 41.2 Å². The highest BCUT2D eigenvalue weighted by Crippen LogP contribution is 2.29. The van der Waals surface area contributed by atoms with E-state index in [0.717, 1.165) is 29.0 Å². The van der Waals surface area contributed by atoms with Gasteiger partial charge in [0.25, 0.3) is 0 Å². The zero-order valence-electron chi connectivity index (χ0n) is 20.5. The van der Waals surface area contributed by atoms with E-state index in [2.05, 4.69) is 13.2 Å². The van der Waals surface area contributed by atoms with Crippen LogP contribution in [0.4, 0.5) is 8.78 Å². The first kappa shape index (κ1) is 27.2. The van der Waals surface area contributed by atoms with E-state index in [1.807, 2.05) is 18.2 Å². The maximum Gasteiger partial charge on any atom is 0.338 e. The molecule has 0 saturated heterocycles. The third-order valence-electron chi connectivity index (χ3n) is 5.27. The average molecular weight is 507 g/mol. The Balaban J connectivity index is 1.74. The van der Waals surface area contributed by atoms with Crippen LogP contribution in [0.25, 0.3) is 16.8 Å². The molecule has 3 aromatic rings. The van der Waals surface area contributed by atoms with Crippen molar-refractivity contribution >= 4 is 34.6 Å². The Morgan fingerprint density at radius 1 is 0.838 bits per heavy atom. The van der Waals surface area contributed by atoms with E-state index in [-0.39, 0.29) is 11.4 Å². The van der Waals surface area contributed by atoms with E-state index in [1.54, 1.807) is 25.1 Å². The van der Waals surface area contributed by atoms with Crippen molar-refractivity contribution in [2.75, 3.05) is 7.11 Å². The fourth-order valence-electron chi connectivity index (χ4n) is 3.33. The number of ether oxygens (including phenoxy) is 3. The fourth-order valence-corrected chi connectivity index (χ4v) is 3.33. The Labute approximate surface area is 212 Å². The molecule has 0 aliphatic heterocycles. The summed E-state index contributed by atoms with van der Waals surface area (Å²) in [6, 6.07) is 12.7. The first-order valence-corrected chi connectivity index (χ1v) is 11.0. The summed E-state index contributed by atoms with van der Waals surface area (Å²) in [5.74, 6) is -6.34. The Morgan fingerprint density at radius 2 is 1.43 bits per heavy atom. The summed E-state index contributed by atoms with van der Waals surface area (Å²) in [7, 11) is 1.45. The van der Waals surface area contributed by atoms with E-state index >= 15 is 0 Å². The third-order valence-corrected chi connectivity index (χ3v) is 5.27. The predicted molar refractivity (Wildman–Crippen MR) is 135 cm³/mol. The van der Waals surface area contributed by atoms with E-state index in [9.17, 15) is 23.2 Å². The summed E-state index contributed by atoms with van der Waals surface area (Å²) in [5, 5.41) is 1.68. The van der Waals surface area contributed by atoms with Crippen LogP contribution < -0.4 is 9.47 Å². The minimum absolute atomic E-state index is 0.00614. The smallest absolute Gasteiger partial charge is 0.338 e. The minimum Gasteiger partial charge on any atom is -0.420 e. The Kier molecular flexibility index (Phi) is 8.47. The second-order valence-corrected chi connectivity index (χ2v) is 8.24. The van der Waals surface area contributed by atoms with Crippen molar-refractivity contribution in [3.8, 4) is 11.5 Å². The maximum absolute atomic E-state index is 14.3. The molecule has 0 N–H and O–H groups in total. The lowest BCUT2D eigenvalue weighted by Crippen LogP contribution is -2.15. The highest BCUT2D eigenvalue weighted by molar-refractivity contribution is 5.99. The summed E-state index contributed by atoms with van der Waals surface area (Å²) in [4.78, 5) is 36.0. The van der Waals surface area contributed by atoms with Gasteiger partial charge in [-0.15, -0.1) is 0 Å². The summed E-state index contributed by atoms with van der Waals surface area (Å²) in [5.41, 5.74) is 1.73. The van der Waals surface area contributed by atoms with E-state index in [0.29, 0.717) is 16.7 Å². The molecule has 0 amide bonds. The summed E-state index contributed by atoms with van der Waals surface area (Å²) in [6.45, 7) is 10.0. The SMILES string of the molecule is C=C(C)C(=O)Oc1ccc(OC(=O)/C=C/c2ccc3cc(C(OC)C(=O)C(=C)C)ccc3c2)c(F)c1F. The molecule has 190 valence electrons. The fraction of sp³-hybridized carbons (Fsp3) is 0.138. The monoisotopic (exact) mass is 506 g/mol. The number of rotatable bonds is 9. The zero-order chi connectivity index (χ0) is 27.3. The molecular formula is C29H24F2O6. The molecule has 0 radical (unpaired) electrons. The van der Waals surface area contributed by atoms with Gasteiger partial charge in [0.1, 0.15) is 6.10 Å². The molecule has 37 heavy (non-hydrogen) atoms. The number of carbonyl (C=O) groups excluding carboxylic acids is 3. The molecule has 0 aliphatic carbocycles. The van der Waals surface area contributed by atoms with Gasteiger partial charge in [-0.1, -0.05) is 37.4 Å². The van der Waals surface area contributed by atoms with Crippen molar-refractivity contribution in [1.29, 1.82) is 0 Å². The molecule has 0 bridgehead atoms. The lowest BCUT2D eigenvalue weighted by Gasteiger charge is -2.15. The maximum atomic E-state index is 14.3. The number of ketones is 1. The van der Waals surface area contributed by atoms with Crippen LogP contribution >= 0.6 is 0 Å². The standard InChI is InChI=1S/C29H24F2O6/c1-16(2)27(33)28(35-5)21-10-9-19-14-18(6-8-20(19)15-21)7-13-24(32)36-22-11-12-23(26(31)25(22)30)37-29(34)17(3)4/h6-15,28H,1,3H2,2,4-5H3/b13-7+. The Hall–Kier alpha value is -4.43. The topological polar surface area (TPSA) is 78.9 Å². The molecule has 6 nitrogen and oxygen atoms in total. The molecule has 3 aromatic carbocycles. The number of Topliss-reactive ketones (excluding diaryl/α,β-unsaturated/α-hetero) is 1. The molecule has 0 heterocycles. The highest BCUT2D eigenvalue weighted by atomic mass is 19.2. The number of halogens is 2. The van der Waals surface area contributed by atoms with Gasteiger partial charge in [-0.05, 0) is 71.7 Å². The van der Waals surface area contributed by atoms with E-state index in [1.165, 1.54) is 20.1 Å². The summed E-state index contributed by atoms with van der Waals surface area (Å²) in [6.07, 6.45) is 1.76. The van der Waals surface area contributed by atoms with Gasteiger partial charge in [0.15, 0.2) is 17.3 Å². The normalized spacial score (nSPS) is 11.8. The van der Waals surface area contributed by atoms with Crippen LogP contribution in [-0.2, 0) is 19.1 Å². The van der Waals surface area contributed by atoms with Crippen LogP contribution in [0.1, 0.15) is 31.1 Å². The van der Waals surface area contributed by atoms with Gasteiger partial charge in [0, 0.05) is 18.8 Å². The first-order chi connectivity index (χ1) is 17.5. The van der Waals surface area contributed by atoms with Gasteiger partial charge in [0.05, 0.1) is 0 Å². The van der Waals surface area contributed by atoms with Gasteiger partial charge in [0.2, 0.25) is 11.6 Å². The van der Waals surface area contributed by atoms with Crippen LogP contribution in [0.2, 0.25) is 0 Å². The molecule has 0 aliphatic rings. The molecule has 8 heteroatoms. The van der Waals surface area contributed by atoms with Crippen LogP contribution in [-0.4, -0.2) is 24.8 Å². The zero-order valence-corrected chi connectivity index (χ0v) is 20.5. The molecule has 0 saturated carbocycles. The van der Waals surface area contributed by atoms with Crippen molar-refractivity contribution in [3.63, 3.8) is 0 Å².